The number of carbonyl (C=O) groups excluding carboxylic acids is 1. The number of hydrogen-bond acceptors (Lipinski definition) is 6. The molecule has 2 aliphatic rings. The standard InChI is InChI=1S/C20H22F2N4O4/c1-20(2,3)30-19(28)24-4-5-25-15(10-24)11-29-17-16(25)9-23-26(18(17)27)14-7-12(21)6-13(22)8-14/h6-9,15H,4-5,10-11H2,1-3H3. The Hall–Kier alpha value is -3.17. The number of nitrogens with zero attached hydrogens (tertiary/aromatic N) is 4. The molecule has 2 aliphatic heterocycles. The second kappa shape index (κ2) is 7.26. The Kier molecular flexibility index (Phi) is 4.87. The minimum absolute atomic E-state index is 0.0271. The van der Waals surface area contributed by atoms with E-state index >= 15 is 0 Å². The van der Waals surface area contributed by atoms with E-state index in [0.717, 1.165) is 22.9 Å². The van der Waals surface area contributed by atoms with Gasteiger partial charge in [0.1, 0.15) is 29.5 Å². The number of ether oxygens (including phenoxy) is 2. The van der Waals surface area contributed by atoms with Crippen molar-refractivity contribution in [1.29, 1.82) is 0 Å². The highest BCUT2D eigenvalue weighted by Gasteiger charge is 2.37. The molecule has 10 heteroatoms. The quantitative estimate of drug-likeness (QED) is 0.705. The predicted octanol–water partition coefficient (Wildman–Crippen LogP) is 2.33. The summed E-state index contributed by atoms with van der Waals surface area (Å²) in [5.41, 5.74) is -0.727. The number of halogens is 2. The number of piperazine rings is 1. The summed E-state index contributed by atoms with van der Waals surface area (Å²) >= 11 is 0. The molecule has 1 saturated heterocycles. The van der Waals surface area contributed by atoms with Crippen molar-refractivity contribution in [3.63, 3.8) is 0 Å². The summed E-state index contributed by atoms with van der Waals surface area (Å²) in [5.74, 6) is -1.55. The number of hydrogen-bond donors (Lipinski definition) is 0. The molecular formula is C20H22F2N4O4. The zero-order valence-electron chi connectivity index (χ0n) is 16.9. The van der Waals surface area contributed by atoms with E-state index in [2.05, 4.69) is 5.10 Å². The molecule has 0 radical (unpaired) electrons. The molecule has 0 bridgehead atoms. The molecule has 0 aliphatic carbocycles. The largest absolute Gasteiger partial charge is 0.484 e. The Morgan fingerprint density at radius 2 is 1.90 bits per heavy atom. The molecule has 3 heterocycles. The van der Waals surface area contributed by atoms with Crippen molar-refractivity contribution in [2.45, 2.75) is 32.4 Å². The van der Waals surface area contributed by atoms with Crippen LogP contribution in [0.1, 0.15) is 20.8 Å². The Morgan fingerprint density at radius 3 is 2.57 bits per heavy atom. The van der Waals surface area contributed by atoms with Crippen molar-refractivity contribution in [3.05, 3.63) is 46.4 Å². The zero-order chi connectivity index (χ0) is 21.6. The van der Waals surface area contributed by atoms with Crippen LogP contribution in [0.5, 0.6) is 5.75 Å². The van der Waals surface area contributed by atoms with Crippen molar-refractivity contribution in [2.75, 3.05) is 31.1 Å². The maximum absolute atomic E-state index is 13.5. The Balaban J connectivity index is 1.59. The highest BCUT2D eigenvalue weighted by Crippen LogP contribution is 2.32. The lowest BCUT2D eigenvalue weighted by Gasteiger charge is -2.45. The molecule has 0 saturated carbocycles. The van der Waals surface area contributed by atoms with Gasteiger partial charge in [-0.1, -0.05) is 0 Å². The third kappa shape index (κ3) is 3.81. The summed E-state index contributed by atoms with van der Waals surface area (Å²) in [6.07, 6.45) is 1.05. The second-order valence-corrected chi connectivity index (χ2v) is 8.29. The topological polar surface area (TPSA) is 76.9 Å². The maximum atomic E-state index is 13.5. The number of rotatable bonds is 1. The third-order valence-corrected chi connectivity index (χ3v) is 4.87. The zero-order valence-corrected chi connectivity index (χ0v) is 16.9. The van der Waals surface area contributed by atoms with E-state index in [1.165, 1.54) is 6.20 Å². The van der Waals surface area contributed by atoms with Crippen molar-refractivity contribution >= 4 is 11.8 Å². The number of anilines is 1. The van der Waals surface area contributed by atoms with Crippen molar-refractivity contribution in [2.24, 2.45) is 0 Å². The highest BCUT2D eigenvalue weighted by atomic mass is 19.1. The molecule has 30 heavy (non-hydrogen) atoms. The van der Waals surface area contributed by atoms with E-state index in [0.29, 0.717) is 25.3 Å². The van der Waals surface area contributed by atoms with Gasteiger partial charge in [-0.3, -0.25) is 4.79 Å². The van der Waals surface area contributed by atoms with Gasteiger partial charge in [-0.15, -0.1) is 0 Å². The SMILES string of the molecule is CC(C)(C)OC(=O)N1CCN2c3cnn(-c4cc(F)cc(F)c4)c(=O)c3OCC2C1. The van der Waals surface area contributed by atoms with Gasteiger partial charge in [0.2, 0.25) is 5.75 Å². The molecule has 1 aromatic heterocycles. The van der Waals surface area contributed by atoms with Crippen LogP contribution in [0, 0.1) is 11.6 Å². The van der Waals surface area contributed by atoms with Crippen LogP contribution in [0.3, 0.4) is 0 Å². The molecule has 0 spiro atoms. The Bertz CT molecular complexity index is 1030. The molecule has 0 N–H and O–H groups in total. The van der Waals surface area contributed by atoms with Gasteiger partial charge in [-0.05, 0) is 32.9 Å². The summed E-state index contributed by atoms with van der Waals surface area (Å²) in [4.78, 5) is 28.8. The van der Waals surface area contributed by atoms with Crippen molar-refractivity contribution < 1.29 is 23.0 Å². The predicted molar refractivity (Wildman–Crippen MR) is 104 cm³/mol. The smallest absolute Gasteiger partial charge is 0.410 e. The second-order valence-electron chi connectivity index (χ2n) is 8.29. The highest BCUT2D eigenvalue weighted by molar-refractivity contribution is 5.69. The maximum Gasteiger partial charge on any atom is 0.410 e. The van der Waals surface area contributed by atoms with E-state index in [1.807, 2.05) is 25.7 Å². The lowest BCUT2D eigenvalue weighted by atomic mass is 10.1. The fraction of sp³-hybridized carbons (Fsp3) is 0.450. The van der Waals surface area contributed by atoms with Gasteiger partial charge in [0.25, 0.3) is 0 Å². The number of benzene rings is 1. The van der Waals surface area contributed by atoms with Crippen molar-refractivity contribution in [3.8, 4) is 11.4 Å². The number of amides is 1. The van der Waals surface area contributed by atoms with Gasteiger partial charge >= 0.3 is 11.7 Å². The van der Waals surface area contributed by atoms with E-state index < -0.39 is 28.9 Å². The first-order valence-electron chi connectivity index (χ1n) is 9.58. The van der Waals surface area contributed by atoms with Crippen LogP contribution in [0.25, 0.3) is 5.69 Å². The lowest BCUT2D eigenvalue weighted by molar-refractivity contribution is 0.0194. The van der Waals surface area contributed by atoms with E-state index in [1.54, 1.807) is 4.90 Å². The fourth-order valence-electron chi connectivity index (χ4n) is 3.60. The van der Waals surface area contributed by atoms with Crippen LogP contribution in [-0.2, 0) is 4.74 Å². The molecule has 1 atom stereocenters. The molecule has 1 fully saturated rings. The van der Waals surface area contributed by atoms with Gasteiger partial charge in [0.05, 0.1) is 17.9 Å². The van der Waals surface area contributed by atoms with Gasteiger partial charge in [-0.25, -0.2) is 13.6 Å². The van der Waals surface area contributed by atoms with Crippen LogP contribution >= 0.6 is 0 Å². The van der Waals surface area contributed by atoms with Crippen LogP contribution < -0.4 is 15.2 Å². The van der Waals surface area contributed by atoms with Crippen LogP contribution in [-0.4, -0.2) is 58.7 Å². The molecule has 1 amide bonds. The summed E-state index contributed by atoms with van der Waals surface area (Å²) in [6.45, 7) is 6.88. The fourth-order valence-corrected chi connectivity index (χ4v) is 3.60. The molecule has 2 aromatic rings. The van der Waals surface area contributed by atoms with Crippen LogP contribution in [0.4, 0.5) is 19.3 Å². The van der Waals surface area contributed by atoms with Crippen molar-refractivity contribution in [1.82, 2.24) is 14.7 Å². The molecule has 160 valence electrons. The van der Waals surface area contributed by atoms with Gasteiger partial charge in [0, 0.05) is 25.7 Å². The van der Waals surface area contributed by atoms with Crippen LogP contribution in [0.15, 0.2) is 29.2 Å². The van der Waals surface area contributed by atoms with Gasteiger partial charge in [0.15, 0.2) is 0 Å². The van der Waals surface area contributed by atoms with Gasteiger partial charge < -0.3 is 19.3 Å². The average molecular weight is 420 g/mol. The van der Waals surface area contributed by atoms with E-state index in [4.69, 9.17) is 9.47 Å². The van der Waals surface area contributed by atoms with Crippen LogP contribution in [0.2, 0.25) is 0 Å². The number of fused-ring (bicyclic) bond motifs is 3. The monoisotopic (exact) mass is 420 g/mol. The van der Waals surface area contributed by atoms with E-state index in [-0.39, 0.29) is 24.1 Å². The van der Waals surface area contributed by atoms with Gasteiger partial charge in [-0.2, -0.15) is 9.78 Å². The first-order valence-corrected chi connectivity index (χ1v) is 9.58. The third-order valence-electron chi connectivity index (χ3n) is 4.87. The lowest BCUT2D eigenvalue weighted by Crippen LogP contribution is -2.59. The normalized spacial score (nSPS) is 18.4. The summed E-state index contributed by atoms with van der Waals surface area (Å²) in [6, 6.07) is 2.60. The number of aromatic nitrogens is 2. The number of carbonyl (C=O) groups is 1. The molecule has 4 rings (SSSR count). The minimum Gasteiger partial charge on any atom is -0.484 e. The summed E-state index contributed by atoms with van der Waals surface area (Å²) in [5, 5.41) is 4.08. The summed E-state index contributed by atoms with van der Waals surface area (Å²) < 4.78 is 39.1. The minimum atomic E-state index is -0.810. The average Bonchev–Trinajstić information content (AvgIpc) is 2.65. The molecule has 8 nitrogen and oxygen atoms in total. The first kappa shape index (κ1) is 20.1. The summed E-state index contributed by atoms with van der Waals surface area (Å²) in [7, 11) is 0. The molecular weight excluding hydrogens is 398 g/mol. The first-order chi connectivity index (χ1) is 14.1. The molecule has 1 unspecified atom stereocenters. The molecule has 1 aromatic carbocycles. The Labute approximate surface area is 171 Å². The Morgan fingerprint density at radius 1 is 1.20 bits per heavy atom. The van der Waals surface area contributed by atoms with E-state index in [9.17, 15) is 18.4 Å².